The number of esters is 2. The Morgan fingerprint density at radius 3 is 0.976 bits per heavy atom. The fraction of sp³-hybridized carbons (Fsp3) is 0.611. The molecule has 0 fully saturated rings. The Morgan fingerprint density at radius 1 is 0.378 bits per heavy atom. The average molecular weight is 1160 g/mol. The van der Waals surface area contributed by atoms with E-state index in [1.165, 1.54) is 57.8 Å². The third-order valence-corrected chi connectivity index (χ3v) is 14.0. The number of carbonyl (C=O) groups excluding carboxylic acids is 2. The summed E-state index contributed by atoms with van der Waals surface area (Å²) in [7, 11) is 1.13. The van der Waals surface area contributed by atoms with Crippen molar-refractivity contribution in [2.24, 2.45) is 0 Å². The number of nitrogens with zero attached hydrogens (tertiary/aromatic N) is 1. The highest BCUT2D eigenvalue weighted by Crippen LogP contribution is 2.38. The summed E-state index contributed by atoms with van der Waals surface area (Å²) in [4.78, 5) is 38.0. The first-order valence-electron chi connectivity index (χ1n) is 32.2. The van der Waals surface area contributed by atoms with Crippen LogP contribution >= 0.6 is 7.82 Å². The Balaban J connectivity index is 4.20. The lowest BCUT2D eigenvalue weighted by atomic mass is 10.1. The standard InChI is InChI=1S/C72H118NO8P/c1-6-8-10-12-14-16-18-20-22-24-26-28-30-32-34-35-36-37-39-41-43-45-47-49-51-53-55-57-59-61-63-65-72(75)81-70(69-80-82(76,77)79-67-66-73(3,4)5)68-78-71(74)64-62-60-58-56-54-52-50-48-46-44-42-40-38-33-31-29-27-25-23-21-19-17-15-13-11-9-7-2/h8-11,14-17,20-23,26-29,32-34,36-38,41-44,70H,6-7,12-13,18-19,24-25,30-31,35,39-40,45-69H2,1-5H3/b10-8-,11-9-,16-14-,17-15-,22-20-,23-21-,28-26-,29-27-,34-32-,37-36-,38-33-,43-41-,44-42-. The normalized spacial score (nSPS) is 14.3. The topological polar surface area (TPSA) is 111 Å². The van der Waals surface area contributed by atoms with Crippen LogP contribution < -0.4 is 4.89 Å². The van der Waals surface area contributed by atoms with Crippen molar-refractivity contribution in [3.63, 3.8) is 0 Å². The van der Waals surface area contributed by atoms with Gasteiger partial charge in [0.2, 0.25) is 0 Å². The lowest BCUT2D eigenvalue weighted by Gasteiger charge is -2.28. The Labute approximate surface area is 503 Å². The number of unbranched alkanes of at least 4 members (excludes halogenated alkanes) is 17. The highest BCUT2D eigenvalue weighted by molar-refractivity contribution is 7.45. The highest BCUT2D eigenvalue weighted by Gasteiger charge is 2.22. The molecule has 0 saturated heterocycles. The number of rotatable bonds is 57. The number of allylic oxidation sites excluding steroid dienone is 26. The largest absolute Gasteiger partial charge is 0.756 e. The van der Waals surface area contributed by atoms with Gasteiger partial charge in [-0.2, -0.15) is 0 Å². The van der Waals surface area contributed by atoms with Gasteiger partial charge in [0.25, 0.3) is 7.82 Å². The Morgan fingerprint density at radius 2 is 0.659 bits per heavy atom. The van der Waals surface area contributed by atoms with E-state index < -0.39 is 32.5 Å². The molecule has 0 radical (unpaired) electrons. The molecule has 464 valence electrons. The first-order chi connectivity index (χ1) is 40.0. The molecule has 2 unspecified atom stereocenters. The van der Waals surface area contributed by atoms with Gasteiger partial charge < -0.3 is 27.9 Å². The number of phosphoric ester groups is 1. The molecular weight excluding hydrogens is 1040 g/mol. The van der Waals surface area contributed by atoms with Crippen LogP contribution in [0, 0.1) is 0 Å². The van der Waals surface area contributed by atoms with Crippen LogP contribution in [-0.4, -0.2) is 70.0 Å². The molecule has 82 heavy (non-hydrogen) atoms. The van der Waals surface area contributed by atoms with E-state index in [0.717, 1.165) is 135 Å². The number of hydrogen-bond acceptors (Lipinski definition) is 8. The molecule has 0 spiro atoms. The summed E-state index contributed by atoms with van der Waals surface area (Å²) in [6, 6.07) is 0. The van der Waals surface area contributed by atoms with E-state index >= 15 is 0 Å². The number of phosphoric acid groups is 1. The molecule has 2 atom stereocenters. The van der Waals surface area contributed by atoms with Gasteiger partial charge in [-0.25, -0.2) is 0 Å². The number of hydrogen-bond donors (Lipinski definition) is 0. The van der Waals surface area contributed by atoms with E-state index in [9.17, 15) is 19.0 Å². The van der Waals surface area contributed by atoms with Crippen LogP contribution in [0.1, 0.15) is 232 Å². The SMILES string of the molecule is CC/C=C\C/C=C\C/C=C\C/C=C\C/C=C\C/C=C\C/C=C\CCCCCCCCCCCC(=O)OC(COC(=O)CCCCCCCCCC/C=C\C/C=C\C/C=C\C/C=C\C/C=C\C/C=C\CC)COP(=O)([O-])OCC[N+](C)(C)C. The Kier molecular flexibility index (Phi) is 57.9. The van der Waals surface area contributed by atoms with Crippen molar-refractivity contribution in [2.45, 2.75) is 238 Å². The second-order valence-electron chi connectivity index (χ2n) is 22.0. The molecule has 0 aliphatic heterocycles. The molecule has 0 aromatic rings. The van der Waals surface area contributed by atoms with Crippen LogP contribution in [0.4, 0.5) is 0 Å². The molecule has 0 aromatic carbocycles. The zero-order valence-corrected chi connectivity index (χ0v) is 53.5. The molecule has 0 aliphatic rings. The van der Waals surface area contributed by atoms with E-state index in [2.05, 4.69) is 172 Å². The van der Waals surface area contributed by atoms with Gasteiger partial charge in [0.15, 0.2) is 6.10 Å². The van der Waals surface area contributed by atoms with E-state index in [-0.39, 0.29) is 26.1 Å². The van der Waals surface area contributed by atoms with Crippen LogP contribution in [0.5, 0.6) is 0 Å². The zero-order valence-electron chi connectivity index (χ0n) is 52.6. The molecule has 0 bridgehead atoms. The summed E-state index contributed by atoms with van der Waals surface area (Å²) in [5.41, 5.74) is 0. The van der Waals surface area contributed by atoms with Crippen molar-refractivity contribution < 1.29 is 42.1 Å². The summed E-state index contributed by atoms with van der Waals surface area (Å²) >= 11 is 0. The van der Waals surface area contributed by atoms with Crippen LogP contribution in [0.15, 0.2) is 158 Å². The second-order valence-corrected chi connectivity index (χ2v) is 23.4. The molecule has 9 nitrogen and oxygen atoms in total. The smallest absolute Gasteiger partial charge is 0.306 e. The van der Waals surface area contributed by atoms with E-state index in [4.69, 9.17) is 18.5 Å². The molecule has 0 saturated carbocycles. The third kappa shape index (κ3) is 64.8. The number of ether oxygens (including phenoxy) is 2. The minimum absolute atomic E-state index is 0.0424. The van der Waals surface area contributed by atoms with Gasteiger partial charge in [-0.1, -0.05) is 255 Å². The fourth-order valence-electron chi connectivity index (χ4n) is 8.17. The molecular formula is C72H118NO8P. The summed E-state index contributed by atoms with van der Waals surface area (Å²) in [6.07, 6.45) is 91.5. The fourth-order valence-corrected chi connectivity index (χ4v) is 8.90. The monoisotopic (exact) mass is 1160 g/mol. The zero-order chi connectivity index (χ0) is 59.8. The van der Waals surface area contributed by atoms with E-state index in [1.54, 1.807) is 0 Å². The van der Waals surface area contributed by atoms with Gasteiger partial charge in [-0.3, -0.25) is 14.2 Å². The number of quaternary nitrogens is 1. The third-order valence-electron chi connectivity index (χ3n) is 13.0. The predicted molar refractivity (Wildman–Crippen MR) is 350 cm³/mol. The lowest BCUT2D eigenvalue weighted by molar-refractivity contribution is -0.870. The quantitative estimate of drug-likeness (QED) is 0.0195. The molecule has 0 heterocycles. The van der Waals surface area contributed by atoms with Crippen molar-refractivity contribution in [3.05, 3.63) is 158 Å². The molecule has 0 aromatic heterocycles. The van der Waals surface area contributed by atoms with Gasteiger partial charge in [0.05, 0.1) is 27.7 Å². The van der Waals surface area contributed by atoms with Crippen molar-refractivity contribution in [1.29, 1.82) is 0 Å². The summed E-state index contributed by atoms with van der Waals surface area (Å²) < 4.78 is 34.2. The van der Waals surface area contributed by atoms with Gasteiger partial charge >= 0.3 is 11.9 Å². The van der Waals surface area contributed by atoms with E-state index in [1.807, 2.05) is 21.1 Å². The van der Waals surface area contributed by atoms with Crippen molar-refractivity contribution in [3.8, 4) is 0 Å². The first-order valence-corrected chi connectivity index (χ1v) is 33.7. The molecule has 10 heteroatoms. The van der Waals surface area contributed by atoms with E-state index in [0.29, 0.717) is 23.9 Å². The van der Waals surface area contributed by atoms with Gasteiger partial charge in [-0.15, -0.1) is 0 Å². The predicted octanol–water partition coefficient (Wildman–Crippen LogP) is 20.2. The minimum Gasteiger partial charge on any atom is -0.756 e. The maximum absolute atomic E-state index is 12.8. The summed E-state index contributed by atoms with van der Waals surface area (Å²) in [6.45, 7) is 3.98. The summed E-state index contributed by atoms with van der Waals surface area (Å²) in [5.74, 6) is -0.860. The highest BCUT2D eigenvalue weighted by atomic mass is 31.2. The minimum atomic E-state index is -4.66. The van der Waals surface area contributed by atoms with Gasteiger partial charge in [-0.05, 0) is 122 Å². The van der Waals surface area contributed by atoms with Crippen molar-refractivity contribution in [2.75, 3.05) is 47.5 Å². The molecule has 0 N–H and O–H groups in total. The maximum Gasteiger partial charge on any atom is 0.306 e. The maximum atomic E-state index is 12.8. The van der Waals surface area contributed by atoms with Crippen LogP contribution in [-0.2, 0) is 32.7 Å². The number of likely N-dealkylation sites (N-methyl/N-ethyl adjacent to an activating group) is 1. The van der Waals surface area contributed by atoms with Crippen molar-refractivity contribution >= 4 is 19.8 Å². The number of carbonyl (C=O) groups is 2. The van der Waals surface area contributed by atoms with Crippen LogP contribution in [0.2, 0.25) is 0 Å². The molecule has 0 aliphatic carbocycles. The second kappa shape index (κ2) is 61.2. The molecule has 0 amide bonds. The van der Waals surface area contributed by atoms with Gasteiger partial charge in [0.1, 0.15) is 19.8 Å². The summed E-state index contributed by atoms with van der Waals surface area (Å²) in [5, 5.41) is 0. The van der Waals surface area contributed by atoms with Gasteiger partial charge in [0, 0.05) is 12.8 Å². The Bertz CT molecular complexity index is 1940. The van der Waals surface area contributed by atoms with Crippen molar-refractivity contribution in [1.82, 2.24) is 0 Å². The lowest BCUT2D eigenvalue weighted by Crippen LogP contribution is -2.37. The Hall–Kier alpha value is -4.37. The van der Waals surface area contributed by atoms with Crippen LogP contribution in [0.3, 0.4) is 0 Å². The average Bonchev–Trinajstić information content (AvgIpc) is 3.46. The van der Waals surface area contributed by atoms with Crippen LogP contribution in [0.25, 0.3) is 0 Å². The molecule has 0 rings (SSSR count). The first kappa shape index (κ1) is 77.6.